The second-order valence-electron chi connectivity index (χ2n) is 4.67. The molecule has 2 rings (SSSR count). The number of carbonyl (C=O) groups excluding carboxylic acids is 1. The maximum atomic E-state index is 11.5. The molecular formula is C17H18O2S. The van der Waals surface area contributed by atoms with Gasteiger partial charge in [0.05, 0.1) is 12.7 Å². The van der Waals surface area contributed by atoms with Gasteiger partial charge in [0.1, 0.15) is 0 Å². The predicted molar refractivity (Wildman–Crippen MR) is 84.0 cm³/mol. The first-order chi connectivity index (χ1) is 9.69. The van der Waals surface area contributed by atoms with E-state index >= 15 is 0 Å². The lowest BCUT2D eigenvalue weighted by atomic mass is 10.1. The van der Waals surface area contributed by atoms with Crippen molar-refractivity contribution >= 4 is 17.7 Å². The molecule has 0 saturated carbocycles. The van der Waals surface area contributed by atoms with Gasteiger partial charge in [-0.1, -0.05) is 42.0 Å². The summed E-state index contributed by atoms with van der Waals surface area (Å²) in [6, 6.07) is 16.2. The molecule has 0 saturated heterocycles. The molecule has 0 atom stereocenters. The number of esters is 1. The highest BCUT2D eigenvalue weighted by molar-refractivity contribution is 7.97. The number of carbonyl (C=O) groups is 1. The largest absolute Gasteiger partial charge is 0.465 e. The second-order valence-corrected chi connectivity index (χ2v) is 5.66. The third kappa shape index (κ3) is 4.14. The Labute approximate surface area is 124 Å². The van der Waals surface area contributed by atoms with Crippen LogP contribution in [-0.4, -0.2) is 13.1 Å². The van der Waals surface area contributed by atoms with E-state index in [0.29, 0.717) is 5.56 Å². The van der Waals surface area contributed by atoms with Crippen molar-refractivity contribution in [3.8, 4) is 0 Å². The quantitative estimate of drug-likeness (QED) is 0.770. The van der Waals surface area contributed by atoms with Crippen LogP contribution in [0, 0.1) is 6.92 Å². The van der Waals surface area contributed by atoms with E-state index in [0.717, 1.165) is 17.1 Å². The fourth-order valence-corrected chi connectivity index (χ4v) is 2.93. The molecule has 2 aromatic rings. The van der Waals surface area contributed by atoms with E-state index in [1.807, 2.05) is 30.0 Å². The maximum absolute atomic E-state index is 11.5. The Morgan fingerprint density at radius 3 is 2.35 bits per heavy atom. The highest BCUT2D eigenvalue weighted by Gasteiger charge is 2.05. The van der Waals surface area contributed by atoms with Gasteiger partial charge in [-0.2, -0.15) is 11.8 Å². The van der Waals surface area contributed by atoms with E-state index in [4.69, 9.17) is 4.74 Å². The van der Waals surface area contributed by atoms with Crippen molar-refractivity contribution in [3.05, 3.63) is 70.8 Å². The minimum Gasteiger partial charge on any atom is -0.465 e. The molecule has 0 heterocycles. The van der Waals surface area contributed by atoms with Gasteiger partial charge in [-0.05, 0) is 30.2 Å². The summed E-state index contributed by atoms with van der Waals surface area (Å²) in [4.78, 5) is 11.5. The molecule has 0 spiro atoms. The molecule has 3 heteroatoms. The molecule has 0 radical (unpaired) electrons. The van der Waals surface area contributed by atoms with Crippen LogP contribution in [0.15, 0.2) is 48.5 Å². The number of benzene rings is 2. The van der Waals surface area contributed by atoms with Crippen LogP contribution in [0.4, 0.5) is 0 Å². The van der Waals surface area contributed by atoms with Crippen molar-refractivity contribution < 1.29 is 9.53 Å². The lowest BCUT2D eigenvalue weighted by molar-refractivity contribution is 0.0600. The number of hydrogen-bond acceptors (Lipinski definition) is 3. The van der Waals surface area contributed by atoms with Crippen LogP contribution in [0.3, 0.4) is 0 Å². The Morgan fingerprint density at radius 2 is 1.70 bits per heavy atom. The third-order valence-electron chi connectivity index (χ3n) is 2.97. The first-order valence-electron chi connectivity index (χ1n) is 6.49. The minimum atomic E-state index is -0.282. The normalized spacial score (nSPS) is 10.3. The first-order valence-corrected chi connectivity index (χ1v) is 7.65. The van der Waals surface area contributed by atoms with E-state index in [2.05, 4.69) is 31.2 Å². The zero-order chi connectivity index (χ0) is 14.4. The summed E-state index contributed by atoms with van der Waals surface area (Å²) < 4.78 is 4.73. The molecule has 0 aliphatic carbocycles. The second kappa shape index (κ2) is 7.15. The minimum absolute atomic E-state index is 0.282. The fourth-order valence-electron chi connectivity index (χ4n) is 1.99. The molecule has 0 bridgehead atoms. The van der Waals surface area contributed by atoms with E-state index in [1.165, 1.54) is 18.2 Å². The van der Waals surface area contributed by atoms with Gasteiger partial charge in [0.25, 0.3) is 0 Å². The van der Waals surface area contributed by atoms with Crippen LogP contribution in [0.2, 0.25) is 0 Å². The SMILES string of the molecule is COC(=O)c1cccc(CSCc2cccc(C)c2)c1. The van der Waals surface area contributed by atoms with Crippen molar-refractivity contribution in [2.24, 2.45) is 0 Å². The molecule has 0 amide bonds. The lowest BCUT2D eigenvalue weighted by Crippen LogP contribution is -2.01. The lowest BCUT2D eigenvalue weighted by Gasteiger charge is -2.05. The van der Waals surface area contributed by atoms with Gasteiger partial charge >= 0.3 is 5.97 Å². The summed E-state index contributed by atoms with van der Waals surface area (Å²) in [6.07, 6.45) is 0. The molecule has 104 valence electrons. The van der Waals surface area contributed by atoms with Crippen molar-refractivity contribution in [2.45, 2.75) is 18.4 Å². The Morgan fingerprint density at radius 1 is 1.05 bits per heavy atom. The summed E-state index contributed by atoms with van der Waals surface area (Å²) in [7, 11) is 1.40. The first kappa shape index (κ1) is 14.7. The summed E-state index contributed by atoms with van der Waals surface area (Å²) in [5.41, 5.74) is 4.38. The summed E-state index contributed by atoms with van der Waals surface area (Å²) >= 11 is 1.84. The van der Waals surface area contributed by atoms with Gasteiger partial charge in [-0.15, -0.1) is 0 Å². The molecule has 20 heavy (non-hydrogen) atoms. The van der Waals surface area contributed by atoms with Crippen molar-refractivity contribution in [1.82, 2.24) is 0 Å². The summed E-state index contributed by atoms with van der Waals surface area (Å²) in [5.74, 6) is 1.58. The van der Waals surface area contributed by atoms with E-state index in [9.17, 15) is 4.79 Å². The van der Waals surface area contributed by atoms with Crippen LogP contribution < -0.4 is 0 Å². The molecule has 2 aromatic carbocycles. The van der Waals surface area contributed by atoms with Gasteiger partial charge < -0.3 is 4.74 Å². The molecule has 0 aromatic heterocycles. The van der Waals surface area contributed by atoms with Gasteiger partial charge in [0, 0.05) is 11.5 Å². The van der Waals surface area contributed by atoms with Gasteiger partial charge in [0.15, 0.2) is 0 Å². The Hall–Kier alpha value is -1.74. The third-order valence-corrected chi connectivity index (χ3v) is 4.04. The number of thioether (sulfide) groups is 1. The molecule has 0 unspecified atom stereocenters. The zero-order valence-corrected chi connectivity index (χ0v) is 12.6. The van der Waals surface area contributed by atoms with Crippen molar-refractivity contribution in [1.29, 1.82) is 0 Å². The van der Waals surface area contributed by atoms with Crippen LogP contribution in [-0.2, 0) is 16.2 Å². The highest BCUT2D eigenvalue weighted by Crippen LogP contribution is 2.19. The molecule has 0 aliphatic rings. The number of rotatable bonds is 5. The van der Waals surface area contributed by atoms with Crippen molar-refractivity contribution in [3.63, 3.8) is 0 Å². The monoisotopic (exact) mass is 286 g/mol. The molecule has 0 N–H and O–H groups in total. The van der Waals surface area contributed by atoms with Gasteiger partial charge in [-0.25, -0.2) is 4.79 Å². The van der Waals surface area contributed by atoms with E-state index in [1.54, 1.807) is 6.07 Å². The maximum Gasteiger partial charge on any atom is 0.337 e. The molecular weight excluding hydrogens is 268 g/mol. The average Bonchev–Trinajstić information content (AvgIpc) is 2.47. The van der Waals surface area contributed by atoms with Crippen LogP contribution in [0.25, 0.3) is 0 Å². The van der Waals surface area contributed by atoms with Crippen LogP contribution >= 0.6 is 11.8 Å². The predicted octanol–water partition coefficient (Wildman–Crippen LogP) is 4.22. The number of aryl methyl sites for hydroxylation is 1. The molecule has 0 aliphatic heterocycles. The van der Waals surface area contributed by atoms with Crippen molar-refractivity contribution in [2.75, 3.05) is 7.11 Å². The summed E-state index contributed by atoms with van der Waals surface area (Å²) in [6.45, 7) is 2.11. The number of methoxy groups -OCH3 is 1. The van der Waals surface area contributed by atoms with Crippen LogP contribution in [0.5, 0.6) is 0 Å². The average molecular weight is 286 g/mol. The molecule has 0 fully saturated rings. The highest BCUT2D eigenvalue weighted by atomic mass is 32.2. The number of ether oxygens (including phenoxy) is 1. The zero-order valence-electron chi connectivity index (χ0n) is 11.8. The standard InChI is InChI=1S/C17H18O2S/c1-13-5-3-6-14(9-13)11-20-12-15-7-4-8-16(10-15)17(18)19-2/h3-10H,11-12H2,1-2H3. The topological polar surface area (TPSA) is 26.3 Å². The Bertz CT molecular complexity index is 593. The Kier molecular flexibility index (Phi) is 5.24. The van der Waals surface area contributed by atoms with Gasteiger partial charge in [-0.3, -0.25) is 0 Å². The van der Waals surface area contributed by atoms with Crippen LogP contribution in [0.1, 0.15) is 27.0 Å². The van der Waals surface area contributed by atoms with E-state index < -0.39 is 0 Å². The molecule has 2 nitrogen and oxygen atoms in total. The van der Waals surface area contributed by atoms with E-state index in [-0.39, 0.29) is 5.97 Å². The Balaban J connectivity index is 1.92. The summed E-state index contributed by atoms with van der Waals surface area (Å²) in [5, 5.41) is 0. The smallest absolute Gasteiger partial charge is 0.337 e. The fraction of sp³-hybridized carbons (Fsp3) is 0.235. The van der Waals surface area contributed by atoms with Gasteiger partial charge in [0.2, 0.25) is 0 Å². The number of hydrogen-bond donors (Lipinski definition) is 0.